The minimum Gasteiger partial charge on any atom is -0.390 e. The first-order valence-electron chi connectivity index (χ1n) is 9.85. The van der Waals surface area contributed by atoms with Crippen LogP contribution in [0.3, 0.4) is 0 Å². The van der Waals surface area contributed by atoms with Crippen molar-refractivity contribution >= 4 is 30.4 Å². The van der Waals surface area contributed by atoms with Crippen LogP contribution in [0.15, 0.2) is 48.5 Å². The fraction of sp³-hybridized carbons (Fsp3) is 0.364. The van der Waals surface area contributed by atoms with Crippen molar-refractivity contribution < 1.29 is 9.90 Å². The number of carbonyl (C=O) groups excluding carboxylic acids is 1. The minimum absolute atomic E-state index is 0. The van der Waals surface area contributed by atoms with E-state index in [1.807, 2.05) is 24.3 Å². The highest BCUT2D eigenvalue weighted by Gasteiger charge is 2.18. The Morgan fingerprint density at radius 3 is 2.76 bits per heavy atom. The minimum atomic E-state index is -0.569. The van der Waals surface area contributed by atoms with E-state index >= 15 is 0 Å². The molecule has 0 radical (unpaired) electrons. The lowest BCUT2D eigenvalue weighted by atomic mass is 10.00. The van der Waals surface area contributed by atoms with Gasteiger partial charge in [-0.3, -0.25) is 9.69 Å². The zero-order chi connectivity index (χ0) is 19.3. The summed E-state index contributed by atoms with van der Waals surface area (Å²) in [6.07, 6.45) is 1.34. The molecule has 1 amide bonds. The van der Waals surface area contributed by atoms with Gasteiger partial charge in [0.15, 0.2) is 0 Å². The van der Waals surface area contributed by atoms with Crippen LogP contribution in [-0.4, -0.2) is 51.6 Å². The van der Waals surface area contributed by atoms with Crippen LogP contribution in [0.1, 0.15) is 23.4 Å². The smallest absolute Gasteiger partial charge is 0.220 e. The highest BCUT2D eigenvalue weighted by atomic mass is 32.1. The lowest BCUT2D eigenvalue weighted by Gasteiger charge is -2.30. The highest BCUT2D eigenvalue weighted by Crippen LogP contribution is 2.18. The molecule has 2 heterocycles. The van der Waals surface area contributed by atoms with Gasteiger partial charge >= 0.3 is 0 Å². The van der Waals surface area contributed by atoms with Crippen LogP contribution < -0.4 is 5.32 Å². The molecule has 3 aromatic rings. The second kappa shape index (κ2) is 9.91. The number of aliphatic hydroxyl groups excluding tert-OH is 1. The third kappa shape index (κ3) is 5.59. The van der Waals surface area contributed by atoms with E-state index < -0.39 is 6.10 Å². The van der Waals surface area contributed by atoms with Crippen LogP contribution in [0, 0.1) is 0 Å². The molecule has 6 nitrogen and oxygen atoms in total. The molecule has 4 rings (SSSR count). The van der Waals surface area contributed by atoms with Crippen molar-refractivity contribution in [2.45, 2.75) is 31.9 Å². The molecule has 0 saturated carbocycles. The Hall–Kier alpha value is -2.35. The van der Waals surface area contributed by atoms with Gasteiger partial charge in [0.2, 0.25) is 5.91 Å². The summed E-state index contributed by atoms with van der Waals surface area (Å²) in [6, 6.07) is 16.3. The Morgan fingerprint density at radius 1 is 1.17 bits per heavy atom. The fourth-order valence-corrected chi connectivity index (χ4v) is 3.75. The van der Waals surface area contributed by atoms with Crippen molar-refractivity contribution in [2.24, 2.45) is 0 Å². The number of aliphatic hydroxyl groups is 1. The number of amides is 1. The van der Waals surface area contributed by atoms with Crippen molar-refractivity contribution in [3.8, 4) is 0 Å². The van der Waals surface area contributed by atoms with Crippen LogP contribution in [0.2, 0.25) is 0 Å². The van der Waals surface area contributed by atoms with E-state index in [1.54, 1.807) is 0 Å². The molecule has 1 aromatic heterocycles. The first-order chi connectivity index (χ1) is 13.7. The van der Waals surface area contributed by atoms with Gasteiger partial charge in [-0.25, -0.2) is 4.98 Å². The van der Waals surface area contributed by atoms with Gasteiger partial charge in [0.25, 0.3) is 0 Å². The molecule has 0 saturated heterocycles. The number of rotatable bonds is 7. The van der Waals surface area contributed by atoms with Crippen molar-refractivity contribution in [1.82, 2.24) is 20.2 Å². The number of aromatic amines is 1. The second-order valence-electron chi connectivity index (χ2n) is 7.41. The summed E-state index contributed by atoms with van der Waals surface area (Å²) in [5.74, 6) is 0.743. The number of carbonyl (C=O) groups is 1. The summed E-state index contributed by atoms with van der Waals surface area (Å²) in [5.41, 5.74) is 4.62. The van der Waals surface area contributed by atoms with Crippen LogP contribution in [0.4, 0.5) is 0 Å². The van der Waals surface area contributed by atoms with E-state index in [2.05, 4.69) is 44.5 Å². The molecule has 2 aromatic carbocycles. The number of H-pyrrole nitrogens is 1. The van der Waals surface area contributed by atoms with Crippen molar-refractivity contribution in [3.63, 3.8) is 0 Å². The van der Waals surface area contributed by atoms with Gasteiger partial charge < -0.3 is 15.4 Å². The predicted octanol–water partition coefficient (Wildman–Crippen LogP) is 2.14. The standard InChI is InChI=1S/C22H26N4O2.H2S/c27-18(15-26-12-11-16-5-1-2-6-17(16)14-26)13-23-22(28)10-9-21-24-19-7-3-4-8-20(19)25-21;/h1-8,18,27H,9-15H2,(H,23,28)(H,24,25);1H2/t18-;/m0./s1. The lowest BCUT2D eigenvalue weighted by molar-refractivity contribution is -0.121. The number of imidazole rings is 1. The number of benzene rings is 2. The van der Waals surface area contributed by atoms with Gasteiger partial charge in [-0.15, -0.1) is 0 Å². The van der Waals surface area contributed by atoms with Gasteiger partial charge in [-0.1, -0.05) is 36.4 Å². The number of aromatic nitrogens is 2. The summed E-state index contributed by atoms with van der Waals surface area (Å²) >= 11 is 0. The third-order valence-corrected chi connectivity index (χ3v) is 5.24. The Morgan fingerprint density at radius 2 is 1.93 bits per heavy atom. The predicted molar refractivity (Wildman–Crippen MR) is 119 cm³/mol. The molecule has 0 fully saturated rings. The Kier molecular flexibility index (Phi) is 7.30. The van der Waals surface area contributed by atoms with Crippen molar-refractivity contribution in [3.05, 3.63) is 65.5 Å². The second-order valence-corrected chi connectivity index (χ2v) is 7.41. The van der Waals surface area contributed by atoms with Gasteiger partial charge in [-0.05, 0) is 29.7 Å². The molecule has 0 spiro atoms. The van der Waals surface area contributed by atoms with Crippen molar-refractivity contribution in [2.75, 3.05) is 19.6 Å². The normalized spacial score (nSPS) is 14.8. The molecule has 154 valence electrons. The number of aryl methyl sites for hydroxylation is 1. The molecule has 1 aliphatic rings. The summed E-state index contributed by atoms with van der Waals surface area (Å²) in [5, 5.41) is 13.1. The van der Waals surface area contributed by atoms with E-state index in [-0.39, 0.29) is 25.9 Å². The first kappa shape index (κ1) is 21.4. The van der Waals surface area contributed by atoms with Crippen molar-refractivity contribution in [1.29, 1.82) is 0 Å². The maximum atomic E-state index is 12.1. The first-order valence-corrected chi connectivity index (χ1v) is 9.85. The zero-order valence-electron chi connectivity index (χ0n) is 16.4. The largest absolute Gasteiger partial charge is 0.390 e. The zero-order valence-corrected chi connectivity index (χ0v) is 17.4. The maximum Gasteiger partial charge on any atom is 0.220 e. The van der Waals surface area contributed by atoms with Crippen LogP contribution >= 0.6 is 13.5 Å². The summed E-state index contributed by atoms with van der Waals surface area (Å²) in [4.78, 5) is 22.1. The Bertz CT molecular complexity index is 926. The maximum absolute atomic E-state index is 12.1. The summed E-state index contributed by atoms with van der Waals surface area (Å²) in [6.45, 7) is 2.64. The number of para-hydroxylation sites is 2. The molecule has 7 heteroatoms. The Balaban J connectivity index is 0.00000240. The molecule has 0 aliphatic carbocycles. The van der Waals surface area contributed by atoms with E-state index in [9.17, 15) is 9.90 Å². The molecule has 0 unspecified atom stereocenters. The van der Waals surface area contributed by atoms with Gasteiger partial charge in [-0.2, -0.15) is 13.5 Å². The highest BCUT2D eigenvalue weighted by molar-refractivity contribution is 7.59. The topological polar surface area (TPSA) is 81.2 Å². The number of nitrogens with one attached hydrogen (secondary N) is 2. The van der Waals surface area contributed by atoms with E-state index in [1.165, 1.54) is 11.1 Å². The van der Waals surface area contributed by atoms with E-state index in [4.69, 9.17) is 0 Å². The SMILES string of the molecule is O=C(CCc1nc2ccccc2[nH]1)NC[C@H](O)CN1CCc2ccccc2C1.S. The number of hydrogen-bond donors (Lipinski definition) is 3. The quantitative estimate of drug-likeness (QED) is 0.555. The fourth-order valence-electron chi connectivity index (χ4n) is 3.75. The van der Waals surface area contributed by atoms with Crippen LogP contribution in [0.5, 0.6) is 0 Å². The number of β-amino-alcohol motifs (C(OH)–C–C–N with tert-alkyl or cyclic N) is 1. The van der Waals surface area contributed by atoms with E-state index in [0.29, 0.717) is 19.4 Å². The molecule has 0 bridgehead atoms. The number of fused-ring (bicyclic) bond motifs is 2. The molecule has 29 heavy (non-hydrogen) atoms. The average molecular weight is 413 g/mol. The van der Waals surface area contributed by atoms with Gasteiger partial charge in [0, 0.05) is 39.0 Å². The van der Waals surface area contributed by atoms with Crippen LogP contribution in [0.25, 0.3) is 11.0 Å². The third-order valence-electron chi connectivity index (χ3n) is 5.24. The molecule has 1 atom stereocenters. The molecule has 1 aliphatic heterocycles. The number of nitrogens with zero attached hydrogens (tertiary/aromatic N) is 2. The van der Waals surface area contributed by atoms with Gasteiger partial charge in [0.05, 0.1) is 17.1 Å². The van der Waals surface area contributed by atoms with E-state index in [0.717, 1.165) is 36.4 Å². The Labute approximate surface area is 177 Å². The monoisotopic (exact) mass is 412 g/mol. The average Bonchev–Trinajstić information content (AvgIpc) is 3.14. The molecule has 3 N–H and O–H groups in total. The molecular formula is C22H28N4O2S. The summed E-state index contributed by atoms with van der Waals surface area (Å²) < 4.78 is 0. The van der Waals surface area contributed by atoms with Gasteiger partial charge in [0.1, 0.15) is 5.82 Å². The number of hydrogen-bond acceptors (Lipinski definition) is 4. The van der Waals surface area contributed by atoms with Crippen LogP contribution in [-0.2, 0) is 24.2 Å². The lowest BCUT2D eigenvalue weighted by Crippen LogP contribution is -2.42. The summed E-state index contributed by atoms with van der Waals surface area (Å²) in [7, 11) is 0. The molecular weight excluding hydrogens is 384 g/mol.